The number of hydrogen-bond donors (Lipinski definition) is 3. The van der Waals surface area contributed by atoms with Gasteiger partial charge in [0.1, 0.15) is 11.4 Å². The van der Waals surface area contributed by atoms with E-state index in [0.29, 0.717) is 12.0 Å². The topological polar surface area (TPSA) is 88.2 Å². The number of ether oxygens (including phenoxy) is 1. The van der Waals surface area contributed by atoms with Gasteiger partial charge in [0.15, 0.2) is 0 Å². The SMILES string of the molecule is CC(C)(C)OC(=O)NNc1nccc(NC2CC2)n1. The quantitative estimate of drug-likeness (QED) is 0.721. The maximum atomic E-state index is 11.4. The summed E-state index contributed by atoms with van der Waals surface area (Å²) < 4.78 is 5.08. The highest BCUT2D eigenvalue weighted by atomic mass is 16.6. The predicted molar refractivity (Wildman–Crippen MR) is 71.7 cm³/mol. The molecular formula is C12H19N5O2. The van der Waals surface area contributed by atoms with E-state index in [1.807, 2.05) is 0 Å². The molecule has 0 spiro atoms. The summed E-state index contributed by atoms with van der Waals surface area (Å²) in [5, 5.41) is 3.25. The lowest BCUT2D eigenvalue weighted by Gasteiger charge is -2.19. The summed E-state index contributed by atoms with van der Waals surface area (Å²) in [5.74, 6) is 1.06. The smallest absolute Gasteiger partial charge is 0.426 e. The highest BCUT2D eigenvalue weighted by Crippen LogP contribution is 2.23. The van der Waals surface area contributed by atoms with Gasteiger partial charge in [-0.25, -0.2) is 15.2 Å². The van der Waals surface area contributed by atoms with E-state index in [-0.39, 0.29) is 0 Å². The second kappa shape index (κ2) is 5.29. The minimum Gasteiger partial charge on any atom is -0.443 e. The van der Waals surface area contributed by atoms with Crippen LogP contribution in [0.1, 0.15) is 33.6 Å². The number of hydrogen-bond acceptors (Lipinski definition) is 6. The fourth-order valence-electron chi connectivity index (χ4n) is 1.35. The molecule has 1 saturated carbocycles. The third kappa shape index (κ3) is 4.99. The second-order valence-corrected chi connectivity index (χ2v) is 5.44. The molecule has 0 saturated heterocycles. The monoisotopic (exact) mass is 265 g/mol. The molecule has 1 aliphatic carbocycles. The number of aromatic nitrogens is 2. The zero-order chi connectivity index (χ0) is 13.9. The van der Waals surface area contributed by atoms with Crippen LogP contribution >= 0.6 is 0 Å². The minimum atomic E-state index is -0.573. The maximum Gasteiger partial charge on any atom is 0.426 e. The van der Waals surface area contributed by atoms with Crippen LogP contribution in [0.5, 0.6) is 0 Å². The summed E-state index contributed by atoms with van der Waals surface area (Å²) in [6, 6.07) is 2.30. The number of nitrogens with one attached hydrogen (secondary N) is 3. The van der Waals surface area contributed by atoms with Crippen molar-refractivity contribution in [3.63, 3.8) is 0 Å². The first-order chi connectivity index (χ1) is 8.92. The molecule has 1 aromatic heterocycles. The van der Waals surface area contributed by atoms with Gasteiger partial charge in [-0.2, -0.15) is 4.98 Å². The van der Waals surface area contributed by atoms with Gasteiger partial charge >= 0.3 is 6.09 Å². The summed E-state index contributed by atoms with van der Waals surface area (Å²) in [5.41, 5.74) is 4.46. The number of rotatable bonds is 4. The van der Waals surface area contributed by atoms with Crippen LogP contribution < -0.4 is 16.2 Å². The number of nitrogens with zero attached hydrogens (tertiary/aromatic N) is 2. The highest BCUT2D eigenvalue weighted by molar-refractivity contribution is 5.69. The van der Waals surface area contributed by atoms with Gasteiger partial charge in [-0.1, -0.05) is 0 Å². The molecule has 2 rings (SSSR count). The van der Waals surface area contributed by atoms with Crippen LogP contribution in [0, 0.1) is 0 Å². The van der Waals surface area contributed by atoms with E-state index in [2.05, 4.69) is 26.1 Å². The number of amides is 1. The van der Waals surface area contributed by atoms with Crippen LogP contribution in [-0.4, -0.2) is 27.7 Å². The first kappa shape index (κ1) is 13.4. The molecule has 1 aromatic rings. The van der Waals surface area contributed by atoms with Crippen LogP contribution in [0.4, 0.5) is 16.6 Å². The van der Waals surface area contributed by atoms with E-state index < -0.39 is 11.7 Å². The second-order valence-electron chi connectivity index (χ2n) is 5.44. The van der Waals surface area contributed by atoms with Crippen molar-refractivity contribution in [2.24, 2.45) is 0 Å². The van der Waals surface area contributed by atoms with Gasteiger partial charge in [-0.05, 0) is 39.7 Å². The lowest BCUT2D eigenvalue weighted by molar-refractivity contribution is 0.0540. The van der Waals surface area contributed by atoms with Crippen molar-refractivity contribution in [1.82, 2.24) is 15.4 Å². The van der Waals surface area contributed by atoms with E-state index >= 15 is 0 Å². The number of anilines is 2. The Labute approximate surface area is 112 Å². The molecule has 1 amide bonds. The largest absolute Gasteiger partial charge is 0.443 e. The Morgan fingerprint density at radius 2 is 2.16 bits per heavy atom. The Bertz CT molecular complexity index is 454. The lowest BCUT2D eigenvalue weighted by atomic mass is 10.2. The van der Waals surface area contributed by atoms with Crippen LogP contribution in [0.25, 0.3) is 0 Å². The highest BCUT2D eigenvalue weighted by Gasteiger charge is 2.21. The number of hydrazine groups is 1. The Morgan fingerprint density at radius 3 is 2.79 bits per heavy atom. The van der Waals surface area contributed by atoms with Crippen LogP contribution in [0.15, 0.2) is 12.3 Å². The molecule has 0 atom stereocenters. The van der Waals surface area contributed by atoms with Crippen molar-refractivity contribution in [1.29, 1.82) is 0 Å². The molecule has 1 fully saturated rings. The normalized spacial score (nSPS) is 14.7. The predicted octanol–water partition coefficient (Wildman–Crippen LogP) is 1.90. The Kier molecular flexibility index (Phi) is 3.73. The maximum absolute atomic E-state index is 11.4. The Hall–Kier alpha value is -2.05. The van der Waals surface area contributed by atoms with Crippen LogP contribution in [0.2, 0.25) is 0 Å². The van der Waals surface area contributed by atoms with Crippen molar-refractivity contribution in [2.45, 2.75) is 45.3 Å². The lowest BCUT2D eigenvalue weighted by Crippen LogP contribution is -2.36. The number of carbonyl (C=O) groups excluding carboxylic acids is 1. The van der Waals surface area contributed by atoms with Crippen molar-refractivity contribution in [3.8, 4) is 0 Å². The summed E-state index contributed by atoms with van der Waals surface area (Å²) in [7, 11) is 0. The molecule has 0 aromatic carbocycles. The first-order valence-corrected chi connectivity index (χ1v) is 6.27. The summed E-state index contributed by atoms with van der Waals surface area (Å²) in [6.45, 7) is 5.38. The molecule has 19 heavy (non-hydrogen) atoms. The summed E-state index contributed by atoms with van der Waals surface area (Å²) in [6.07, 6.45) is 3.39. The Balaban J connectivity index is 1.83. The van der Waals surface area contributed by atoms with Crippen molar-refractivity contribution < 1.29 is 9.53 Å². The Morgan fingerprint density at radius 1 is 1.42 bits per heavy atom. The first-order valence-electron chi connectivity index (χ1n) is 6.27. The minimum absolute atomic E-state index is 0.316. The van der Waals surface area contributed by atoms with Gasteiger partial charge in [-0.15, -0.1) is 0 Å². The number of carbonyl (C=O) groups is 1. The standard InChI is InChI=1S/C12H19N5O2/c1-12(2,3)19-11(18)17-16-10-13-7-6-9(15-10)14-8-4-5-8/h6-8H,4-5H2,1-3H3,(H,17,18)(H2,13,14,15,16). The van der Waals surface area contributed by atoms with E-state index in [1.54, 1.807) is 33.0 Å². The summed E-state index contributed by atoms with van der Waals surface area (Å²) >= 11 is 0. The van der Waals surface area contributed by atoms with E-state index in [9.17, 15) is 4.79 Å². The molecule has 0 aliphatic heterocycles. The van der Waals surface area contributed by atoms with Crippen molar-refractivity contribution >= 4 is 17.9 Å². The zero-order valence-corrected chi connectivity index (χ0v) is 11.4. The van der Waals surface area contributed by atoms with Crippen molar-refractivity contribution in [2.75, 3.05) is 10.7 Å². The average Bonchev–Trinajstić information content (AvgIpc) is 3.08. The molecule has 1 heterocycles. The molecule has 104 valence electrons. The van der Waals surface area contributed by atoms with Gasteiger partial charge in [-0.3, -0.25) is 5.43 Å². The van der Waals surface area contributed by atoms with E-state index in [1.165, 1.54) is 12.8 Å². The molecule has 7 nitrogen and oxygen atoms in total. The van der Waals surface area contributed by atoms with E-state index in [0.717, 1.165) is 5.82 Å². The third-order valence-corrected chi connectivity index (χ3v) is 2.26. The van der Waals surface area contributed by atoms with Crippen molar-refractivity contribution in [3.05, 3.63) is 12.3 Å². The third-order valence-electron chi connectivity index (χ3n) is 2.26. The van der Waals surface area contributed by atoms with Gasteiger partial charge in [0.2, 0.25) is 5.95 Å². The average molecular weight is 265 g/mol. The molecule has 1 aliphatic rings. The van der Waals surface area contributed by atoms with Crippen LogP contribution in [-0.2, 0) is 4.74 Å². The molecule has 0 radical (unpaired) electrons. The molecular weight excluding hydrogens is 246 g/mol. The zero-order valence-electron chi connectivity index (χ0n) is 11.4. The fraction of sp³-hybridized carbons (Fsp3) is 0.583. The molecule has 7 heteroatoms. The van der Waals surface area contributed by atoms with Gasteiger partial charge in [0.25, 0.3) is 0 Å². The van der Waals surface area contributed by atoms with Gasteiger partial charge < -0.3 is 10.1 Å². The van der Waals surface area contributed by atoms with Crippen LogP contribution in [0.3, 0.4) is 0 Å². The summed E-state index contributed by atoms with van der Waals surface area (Å²) in [4.78, 5) is 19.7. The van der Waals surface area contributed by atoms with E-state index in [4.69, 9.17) is 4.74 Å². The molecule has 0 bridgehead atoms. The molecule has 3 N–H and O–H groups in total. The fourth-order valence-corrected chi connectivity index (χ4v) is 1.35. The van der Waals surface area contributed by atoms with Gasteiger partial charge in [0.05, 0.1) is 0 Å². The molecule has 0 unspecified atom stereocenters. The van der Waals surface area contributed by atoms with Gasteiger partial charge in [0, 0.05) is 12.2 Å².